The van der Waals surface area contributed by atoms with Crippen molar-refractivity contribution in [3.05, 3.63) is 12.3 Å². The van der Waals surface area contributed by atoms with Gasteiger partial charge >= 0.3 is 6.72 Å². The normalized spacial score (nSPS) is 40.6. The van der Waals surface area contributed by atoms with Crippen LogP contribution >= 0.6 is 6.72 Å². The third-order valence-corrected chi connectivity index (χ3v) is 6.58. The van der Waals surface area contributed by atoms with Crippen LogP contribution in [0.25, 0.3) is 0 Å². The minimum atomic E-state index is -3.37. The molecule has 5 atom stereocenters. The molecule has 0 aromatic rings. The second-order valence-corrected chi connectivity index (χ2v) is 9.33. The number of amides is 1. The van der Waals surface area contributed by atoms with E-state index in [-0.39, 0.29) is 6.10 Å². The molecule has 3 rings (SSSR count). The molecule has 146 valence electrons. The molecule has 1 amide bonds. The van der Waals surface area contributed by atoms with E-state index >= 15 is 0 Å². The van der Waals surface area contributed by atoms with E-state index in [1.54, 1.807) is 13.8 Å². The number of hydrogen-bond acceptors (Lipinski definition) is 8. The number of allylic oxidation sites excluding steroid dienone is 1. The van der Waals surface area contributed by atoms with Crippen molar-refractivity contribution in [2.75, 3.05) is 6.61 Å². The highest BCUT2D eigenvalue weighted by Gasteiger charge is 2.67. The molecular weight excluding hydrogens is 395 g/mol. The smallest absolute Gasteiger partial charge is 0.328 e. The van der Waals surface area contributed by atoms with Gasteiger partial charge in [0.15, 0.2) is 17.6 Å². The SMILES string of the molecule is CC(C)OP1(=S)OC[C@@]2(C(F)F)O[C@@H](N3C=CC(=O)CC3=O)[C@H](O)[C@@H]2O1. The Bertz CT molecular complexity index is 690. The molecule has 0 saturated carbocycles. The lowest BCUT2D eigenvalue weighted by atomic mass is 9.96. The molecular formula is C14H18F2NO7PS. The van der Waals surface area contributed by atoms with E-state index in [1.165, 1.54) is 0 Å². The maximum Gasteiger partial charge on any atom is 0.328 e. The van der Waals surface area contributed by atoms with Crippen molar-refractivity contribution in [2.24, 2.45) is 0 Å². The Kier molecular flexibility index (Phi) is 5.35. The van der Waals surface area contributed by atoms with Gasteiger partial charge in [-0.2, -0.15) is 0 Å². The predicted molar refractivity (Wildman–Crippen MR) is 86.6 cm³/mol. The van der Waals surface area contributed by atoms with Crippen molar-refractivity contribution in [3.63, 3.8) is 0 Å². The summed E-state index contributed by atoms with van der Waals surface area (Å²) in [5, 5.41) is 10.6. The number of carbonyl (C=O) groups excluding carboxylic acids is 2. The van der Waals surface area contributed by atoms with Crippen molar-refractivity contribution in [1.82, 2.24) is 4.90 Å². The maximum absolute atomic E-state index is 13.8. The zero-order valence-corrected chi connectivity index (χ0v) is 15.6. The quantitative estimate of drug-likeness (QED) is 0.541. The summed E-state index contributed by atoms with van der Waals surface area (Å²) in [4.78, 5) is 24.3. The number of halogens is 2. The number of alkyl halides is 2. The average Bonchev–Trinajstić information content (AvgIpc) is 2.80. The lowest BCUT2D eigenvalue weighted by molar-refractivity contribution is -0.209. The molecule has 26 heavy (non-hydrogen) atoms. The van der Waals surface area contributed by atoms with Gasteiger partial charge in [-0.25, -0.2) is 8.78 Å². The van der Waals surface area contributed by atoms with Crippen molar-refractivity contribution in [2.45, 2.75) is 56.8 Å². The number of ether oxygens (including phenoxy) is 1. The third kappa shape index (κ3) is 3.37. The van der Waals surface area contributed by atoms with Crippen molar-refractivity contribution < 1.29 is 41.8 Å². The molecule has 1 N–H and O–H groups in total. The van der Waals surface area contributed by atoms with E-state index in [0.717, 1.165) is 17.2 Å². The Balaban J connectivity index is 1.90. The van der Waals surface area contributed by atoms with Crippen LogP contribution in [0.15, 0.2) is 12.3 Å². The van der Waals surface area contributed by atoms with Gasteiger partial charge in [0.2, 0.25) is 5.91 Å². The zero-order valence-electron chi connectivity index (χ0n) is 13.9. The number of hydrogen-bond donors (Lipinski definition) is 1. The number of aliphatic hydroxyl groups is 1. The summed E-state index contributed by atoms with van der Waals surface area (Å²) in [7, 11) is 0. The Morgan fingerprint density at radius 2 is 2.15 bits per heavy atom. The fourth-order valence-corrected chi connectivity index (χ4v) is 5.54. The van der Waals surface area contributed by atoms with Gasteiger partial charge in [0.1, 0.15) is 12.2 Å². The van der Waals surface area contributed by atoms with Gasteiger partial charge in [-0.1, -0.05) is 0 Å². The van der Waals surface area contributed by atoms with Gasteiger partial charge in [-0.15, -0.1) is 0 Å². The molecule has 3 heterocycles. The average molecular weight is 413 g/mol. The number of aliphatic hydroxyl groups excluding tert-OH is 1. The molecule has 2 fully saturated rings. The fourth-order valence-electron chi connectivity index (χ4n) is 2.96. The predicted octanol–water partition coefficient (Wildman–Crippen LogP) is 1.09. The van der Waals surface area contributed by atoms with Gasteiger partial charge in [0.05, 0.1) is 19.1 Å². The van der Waals surface area contributed by atoms with Gasteiger partial charge in [-0.3, -0.25) is 19.0 Å². The van der Waals surface area contributed by atoms with E-state index < -0.39 is 61.9 Å². The number of ketones is 1. The van der Waals surface area contributed by atoms with Gasteiger partial charge in [-0.05, 0) is 31.7 Å². The second kappa shape index (κ2) is 6.97. The molecule has 8 nitrogen and oxygen atoms in total. The topological polar surface area (TPSA) is 94.5 Å². The highest BCUT2D eigenvalue weighted by molar-refractivity contribution is 8.07. The minimum Gasteiger partial charge on any atom is -0.386 e. The summed E-state index contributed by atoms with van der Waals surface area (Å²) in [6.07, 6.45) is -6.35. The first-order valence-corrected chi connectivity index (χ1v) is 10.4. The number of fused-ring (bicyclic) bond motifs is 1. The molecule has 1 unspecified atom stereocenters. The number of rotatable bonds is 4. The van der Waals surface area contributed by atoms with E-state index in [1.807, 2.05) is 0 Å². The van der Waals surface area contributed by atoms with E-state index in [0.29, 0.717) is 0 Å². The first kappa shape index (κ1) is 19.9. The zero-order chi connectivity index (χ0) is 19.3. The number of nitrogens with zero attached hydrogens (tertiary/aromatic N) is 1. The molecule has 12 heteroatoms. The van der Waals surface area contributed by atoms with E-state index in [9.17, 15) is 23.5 Å². The first-order chi connectivity index (χ1) is 12.1. The minimum absolute atomic E-state index is 0.382. The Morgan fingerprint density at radius 1 is 1.46 bits per heavy atom. The van der Waals surface area contributed by atoms with Gasteiger partial charge in [0.25, 0.3) is 6.43 Å². The highest BCUT2D eigenvalue weighted by atomic mass is 32.5. The van der Waals surface area contributed by atoms with Crippen LogP contribution in [0.2, 0.25) is 0 Å². The summed E-state index contributed by atoms with van der Waals surface area (Å²) in [5.74, 6) is -1.11. The lowest BCUT2D eigenvalue weighted by Gasteiger charge is -2.41. The summed E-state index contributed by atoms with van der Waals surface area (Å²) >= 11 is 5.17. The molecule has 0 aliphatic carbocycles. The Morgan fingerprint density at radius 3 is 2.73 bits per heavy atom. The lowest BCUT2D eigenvalue weighted by Crippen LogP contribution is -2.56. The molecule has 0 radical (unpaired) electrons. The first-order valence-electron chi connectivity index (χ1n) is 7.85. The summed E-state index contributed by atoms with van der Waals surface area (Å²) in [6.45, 7) is -0.672. The molecule has 0 aromatic heterocycles. The van der Waals surface area contributed by atoms with Crippen molar-refractivity contribution in [3.8, 4) is 0 Å². The van der Waals surface area contributed by atoms with Crippen LogP contribution in [0.5, 0.6) is 0 Å². The molecule has 3 aliphatic rings. The molecule has 2 saturated heterocycles. The highest BCUT2D eigenvalue weighted by Crippen LogP contribution is 2.60. The molecule has 3 aliphatic heterocycles. The molecule has 0 spiro atoms. The molecule has 0 bridgehead atoms. The Hall–Kier alpha value is -0.810. The van der Waals surface area contributed by atoms with Gasteiger partial charge < -0.3 is 18.9 Å². The third-order valence-electron chi connectivity index (χ3n) is 4.13. The van der Waals surface area contributed by atoms with Crippen molar-refractivity contribution in [1.29, 1.82) is 0 Å². The van der Waals surface area contributed by atoms with E-state index in [4.69, 9.17) is 30.1 Å². The fraction of sp³-hybridized carbons (Fsp3) is 0.714. The van der Waals surface area contributed by atoms with Crippen LogP contribution in [0, 0.1) is 0 Å². The second-order valence-electron chi connectivity index (χ2n) is 6.42. The Labute approximate surface area is 153 Å². The van der Waals surface area contributed by atoms with Crippen LogP contribution in [-0.2, 0) is 39.7 Å². The van der Waals surface area contributed by atoms with Crippen LogP contribution in [0.1, 0.15) is 20.3 Å². The number of carbonyl (C=O) groups is 2. The summed E-state index contributed by atoms with van der Waals surface area (Å²) in [5.41, 5.74) is -2.30. The van der Waals surface area contributed by atoms with Crippen molar-refractivity contribution >= 4 is 30.2 Å². The maximum atomic E-state index is 13.8. The van der Waals surface area contributed by atoms with Crippen LogP contribution in [0.4, 0.5) is 8.78 Å². The standard InChI is InChI=1S/C14H18F2NO7PS/c1-7(2)23-25(26)21-6-14(13(15)16)11(24-25)10(20)12(22-14)17-4-3-8(18)5-9(17)19/h3-4,7,10-13,20H,5-6H2,1-2H3/t10-,11+,12-,14-,25?/m1/s1. The monoisotopic (exact) mass is 413 g/mol. The van der Waals surface area contributed by atoms with Crippen LogP contribution < -0.4 is 0 Å². The van der Waals surface area contributed by atoms with Crippen LogP contribution in [0.3, 0.4) is 0 Å². The molecule has 0 aromatic carbocycles. The summed E-state index contributed by atoms with van der Waals surface area (Å²) in [6, 6.07) is 0. The van der Waals surface area contributed by atoms with Crippen LogP contribution in [-0.4, -0.2) is 64.9 Å². The van der Waals surface area contributed by atoms with Gasteiger partial charge in [0, 0.05) is 6.20 Å². The largest absolute Gasteiger partial charge is 0.386 e. The summed E-state index contributed by atoms with van der Waals surface area (Å²) < 4.78 is 49.2. The van der Waals surface area contributed by atoms with E-state index in [2.05, 4.69) is 0 Å².